The molecular weight excluding hydrogens is 357 g/mol. The van der Waals surface area contributed by atoms with Crippen molar-refractivity contribution in [1.82, 2.24) is 9.62 Å². The molecule has 1 aliphatic heterocycles. The summed E-state index contributed by atoms with van der Waals surface area (Å²) in [5.41, 5.74) is 0. The van der Waals surface area contributed by atoms with Gasteiger partial charge in [0.1, 0.15) is 5.82 Å². The summed E-state index contributed by atoms with van der Waals surface area (Å²) in [6, 6.07) is 5.24. The molecular formula is C18H29FN3O3S+. The highest BCUT2D eigenvalue weighted by Gasteiger charge is 2.23. The van der Waals surface area contributed by atoms with E-state index in [1.165, 1.54) is 45.0 Å². The van der Waals surface area contributed by atoms with Gasteiger partial charge in [0.25, 0.3) is 0 Å². The molecule has 0 aliphatic carbocycles. The first kappa shape index (κ1) is 20.8. The Bertz CT molecular complexity index is 694. The summed E-state index contributed by atoms with van der Waals surface area (Å²) in [5, 5.41) is 2.78. The molecule has 6 nitrogen and oxygen atoms in total. The minimum absolute atomic E-state index is 0.0307. The highest BCUT2D eigenvalue weighted by molar-refractivity contribution is 7.89. The van der Waals surface area contributed by atoms with Crippen molar-refractivity contribution in [1.29, 1.82) is 0 Å². The number of carbonyl (C=O) groups excluding carboxylic acids is 1. The molecule has 1 saturated heterocycles. The SMILES string of the molecule is C[C@H]1CCCC[NH+]1CCCNC(=O)CN(C)S(=O)(=O)c1ccc(F)cc1. The summed E-state index contributed by atoms with van der Waals surface area (Å²) in [5.74, 6) is -0.839. The van der Waals surface area contributed by atoms with Crippen LogP contribution < -0.4 is 10.2 Å². The molecule has 0 saturated carbocycles. The summed E-state index contributed by atoms with van der Waals surface area (Å²) in [7, 11) is -2.46. The smallest absolute Gasteiger partial charge is 0.243 e. The number of halogens is 1. The number of likely N-dealkylation sites (N-methyl/N-ethyl adjacent to an activating group) is 1. The van der Waals surface area contributed by atoms with Crippen LogP contribution in [0.4, 0.5) is 4.39 Å². The fourth-order valence-electron chi connectivity index (χ4n) is 3.30. The first-order valence-electron chi connectivity index (χ1n) is 9.14. The van der Waals surface area contributed by atoms with E-state index in [9.17, 15) is 17.6 Å². The van der Waals surface area contributed by atoms with Gasteiger partial charge in [-0.15, -0.1) is 0 Å². The second-order valence-corrected chi connectivity index (χ2v) is 9.02. The third kappa shape index (κ3) is 5.75. The number of likely N-dealkylation sites (tertiary alicyclic amines) is 1. The van der Waals surface area contributed by atoms with Gasteiger partial charge in [-0.3, -0.25) is 4.79 Å². The quantitative estimate of drug-likeness (QED) is 0.636. The molecule has 1 aromatic rings. The van der Waals surface area contributed by atoms with Gasteiger partial charge in [0.2, 0.25) is 15.9 Å². The Labute approximate surface area is 155 Å². The molecule has 1 aliphatic rings. The molecule has 0 radical (unpaired) electrons. The lowest BCUT2D eigenvalue weighted by Crippen LogP contribution is -3.16. The van der Waals surface area contributed by atoms with Gasteiger partial charge in [-0.25, -0.2) is 12.8 Å². The van der Waals surface area contributed by atoms with E-state index in [0.717, 1.165) is 29.4 Å². The summed E-state index contributed by atoms with van der Waals surface area (Å²) in [6.45, 7) is 4.76. The number of quaternary nitrogens is 1. The van der Waals surface area contributed by atoms with Gasteiger partial charge in [-0.1, -0.05) is 0 Å². The summed E-state index contributed by atoms with van der Waals surface area (Å²) >= 11 is 0. The summed E-state index contributed by atoms with van der Waals surface area (Å²) in [6.07, 6.45) is 4.70. The van der Waals surface area contributed by atoms with Gasteiger partial charge in [-0.05, 0) is 50.5 Å². The highest BCUT2D eigenvalue weighted by Crippen LogP contribution is 2.14. The van der Waals surface area contributed by atoms with E-state index >= 15 is 0 Å². The standard InChI is InChI=1S/C18H28FN3O3S/c1-15-6-3-4-12-22(15)13-5-11-20-18(23)14-21(2)26(24,25)17-9-7-16(19)8-10-17/h7-10,15H,3-6,11-14H2,1-2H3,(H,20,23)/p+1/t15-/m0/s1. The highest BCUT2D eigenvalue weighted by atomic mass is 32.2. The van der Waals surface area contributed by atoms with Crippen LogP contribution in [-0.4, -0.2) is 57.9 Å². The fourth-order valence-corrected chi connectivity index (χ4v) is 4.42. The lowest BCUT2D eigenvalue weighted by atomic mass is 10.0. The number of amides is 1. The molecule has 1 heterocycles. The van der Waals surface area contributed by atoms with E-state index in [1.807, 2.05) is 0 Å². The topological polar surface area (TPSA) is 70.9 Å². The van der Waals surface area contributed by atoms with Crippen LogP contribution >= 0.6 is 0 Å². The number of hydrogen-bond acceptors (Lipinski definition) is 3. The number of nitrogens with one attached hydrogen (secondary N) is 2. The lowest BCUT2D eigenvalue weighted by Gasteiger charge is -2.30. The second-order valence-electron chi connectivity index (χ2n) is 6.97. The number of carbonyl (C=O) groups is 1. The summed E-state index contributed by atoms with van der Waals surface area (Å²) < 4.78 is 38.7. The average Bonchev–Trinajstić information content (AvgIpc) is 2.60. The predicted octanol–water partition coefficient (Wildman–Crippen LogP) is 0.410. The van der Waals surface area contributed by atoms with E-state index in [2.05, 4.69) is 12.2 Å². The van der Waals surface area contributed by atoms with Crippen LogP contribution in [0.5, 0.6) is 0 Å². The Morgan fingerprint density at radius 2 is 2.00 bits per heavy atom. The van der Waals surface area contributed by atoms with Gasteiger partial charge < -0.3 is 10.2 Å². The maximum atomic E-state index is 12.9. The fraction of sp³-hybridized carbons (Fsp3) is 0.611. The largest absolute Gasteiger partial charge is 0.355 e. The molecule has 1 amide bonds. The molecule has 2 rings (SSSR count). The Hall–Kier alpha value is -1.51. The molecule has 1 aromatic carbocycles. The second kappa shape index (κ2) is 9.43. The average molecular weight is 387 g/mol. The van der Waals surface area contributed by atoms with Crippen molar-refractivity contribution >= 4 is 15.9 Å². The minimum Gasteiger partial charge on any atom is -0.355 e. The zero-order valence-corrected chi connectivity index (χ0v) is 16.3. The van der Waals surface area contributed by atoms with Gasteiger partial charge in [0.05, 0.1) is 30.6 Å². The Morgan fingerprint density at radius 1 is 1.31 bits per heavy atom. The van der Waals surface area contributed by atoms with Crippen LogP contribution in [0, 0.1) is 5.82 Å². The van der Waals surface area contributed by atoms with Crippen molar-refractivity contribution < 1.29 is 22.5 Å². The molecule has 0 spiro atoms. The number of rotatable bonds is 8. The van der Waals surface area contributed by atoms with Crippen molar-refractivity contribution in [2.24, 2.45) is 0 Å². The first-order valence-corrected chi connectivity index (χ1v) is 10.6. The van der Waals surface area contributed by atoms with Crippen LogP contribution in [0.1, 0.15) is 32.6 Å². The number of hydrogen-bond donors (Lipinski definition) is 2. The number of nitrogens with zero attached hydrogens (tertiary/aromatic N) is 1. The summed E-state index contributed by atoms with van der Waals surface area (Å²) in [4.78, 5) is 13.6. The van der Waals surface area contributed by atoms with Crippen LogP contribution in [0.2, 0.25) is 0 Å². The molecule has 1 fully saturated rings. The molecule has 26 heavy (non-hydrogen) atoms. The van der Waals surface area contributed by atoms with Gasteiger partial charge in [-0.2, -0.15) is 4.31 Å². The molecule has 8 heteroatoms. The molecule has 1 unspecified atom stereocenters. The molecule has 2 atom stereocenters. The third-order valence-electron chi connectivity index (χ3n) is 4.97. The molecule has 146 valence electrons. The Morgan fingerprint density at radius 3 is 2.65 bits per heavy atom. The maximum Gasteiger partial charge on any atom is 0.243 e. The van der Waals surface area contributed by atoms with Crippen molar-refractivity contribution in [3.05, 3.63) is 30.1 Å². The van der Waals surface area contributed by atoms with Crippen molar-refractivity contribution in [3.8, 4) is 0 Å². The number of piperidine rings is 1. The van der Waals surface area contributed by atoms with Crippen molar-refractivity contribution in [3.63, 3.8) is 0 Å². The van der Waals surface area contributed by atoms with E-state index in [-0.39, 0.29) is 17.3 Å². The number of benzene rings is 1. The lowest BCUT2D eigenvalue weighted by molar-refractivity contribution is -0.928. The van der Waals surface area contributed by atoms with Crippen LogP contribution in [-0.2, 0) is 14.8 Å². The Balaban J connectivity index is 1.75. The maximum absolute atomic E-state index is 12.9. The molecule has 2 N–H and O–H groups in total. The normalized spacial score (nSPS) is 20.9. The van der Waals surface area contributed by atoms with Gasteiger partial charge >= 0.3 is 0 Å². The zero-order valence-electron chi connectivity index (χ0n) is 15.5. The predicted molar refractivity (Wildman–Crippen MR) is 97.9 cm³/mol. The Kier molecular flexibility index (Phi) is 7.55. The first-order chi connectivity index (χ1) is 12.3. The molecule has 0 bridgehead atoms. The van der Waals surface area contributed by atoms with Crippen LogP contribution in [0.25, 0.3) is 0 Å². The van der Waals surface area contributed by atoms with E-state index in [4.69, 9.17) is 0 Å². The van der Waals surface area contributed by atoms with E-state index < -0.39 is 15.8 Å². The molecule has 0 aromatic heterocycles. The van der Waals surface area contributed by atoms with Crippen molar-refractivity contribution in [2.75, 3.05) is 33.2 Å². The zero-order chi connectivity index (χ0) is 19.2. The minimum atomic E-state index is -3.80. The van der Waals surface area contributed by atoms with E-state index in [0.29, 0.717) is 12.6 Å². The van der Waals surface area contributed by atoms with Gasteiger partial charge in [0.15, 0.2) is 0 Å². The monoisotopic (exact) mass is 386 g/mol. The van der Waals surface area contributed by atoms with Crippen molar-refractivity contribution in [2.45, 2.75) is 43.5 Å². The van der Waals surface area contributed by atoms with E-state index in [1.54, 1.807) is 4.90 Å². The van der Waals surface area contributed by atoms with Gasteiger partial charge in [0, 0.05) is 20.0 Å². The third-order valence-corrected chi connectivity index (χ3v) is 6.78. The number of sulfonamides is 1. The van der Waals surface area contributed by atoms with Crippen LogP contribution in [0.15, 0.2) is 29.2 Å². The van der Waals surface area contributed by atoms with Crippen LogP contribution in [0.3, 0.4) is 0 Å².